The summed E-state index contributed by atoms with van der Waals surface area (Å²) in [4.78, 5) is 0.344. The van der Waals surface area contributed by atoms with Crippen LogP contribution < -0.4 is 0 Å². The molecule has 0 saturated carbocycles. The van der Waals surface area contributed by atoms with E-state index in [2.05, 4.69) is 0 Å². The van der Waals surface area contributed by atoms with Gasteiger partial charge in [0.1, 0.15) is 5.75 Å². The van der Waals surface area contributed by atoms with Crippen molar-refractivity contribution in [1.82, 2.24) is 0 Å². The van der Waals surface area contributed by atoms with Gasteiger partial charge in [0, 0.05) is 0 Å². The molecule has 0 aliphatic heterocycles. The van der Waals surface area contributed by atoms with Crippen molar-refractivity contribution in [2.75, 3.05) is 0 Å². The van der Waals surface area contributed by atoms with E-state index in [4.69, 9.17) is 0 Å². The molecule has 4 heteroatoms. The lowest BCUT2D eigenvalue weighted by atomic mass is 10.2. The second-order valence-electron chi connectivity index (χ2n) is 4.00. The van der Waals surface area contributed by atoms with Gasteiger partial charge in [-0.1, -0.05) is 25.1 Å². The first-order valence-corrected chi connectivity index (χ1v) is 7.15. The van der Waals surface area contributed by atoms with Crippen LogP contribution in [0, 0.1) is 0 Å². The molecule has 3 nitrogen and oxygen atoms in total. The third-order valence-electron chi connectivity index (χ3n) is 2.77. The normalized spacial score (nSPS) is 11.4. The van der Waals surface area contributed by atoms with Gasteiger partial charge in [-0.3, -0.25) is 0 Å². The molecule has 0 unspecified atom stereocenters. The Labute approximate surface area is 107 Å². The second-order valence-corrected chi connectivity index (χ2v) is 5.95. The lowest BCUT2D eigenvalue weighted by Gasteiger charge is -2.05. The number of sulfone groups is 1. The molecule has 0 bridgehead atoms. The van der Waals surface area contributed by atoms with Crippen LogP contribution in [0.2, 0.25) is 0 Å². The average Bonchev–Trinajstić information content (AvgIpc) is 2.39. The number of phenolic OH excluding ortho intramolecular Hbond substituents is 1. The van der Waals surface area contributed by atoms with Crippen LogP contribution >= 0.6 is 0 Å². The molecular weight excluding hydrogens is 248 g/mol. The van der Waals surface area contributed by atoms with Crippen LogP contribution in [0.3, 0.4) is 0 Å². The summed E-state index contributed by atoms with van der Waals surface area (Å²) in [5, 5.41) is 9.34. The number of benzene rings is 2. The molecule has 1 N–H and O–H groups in total. The molecule has 2 aromatic carbocycles. The van der Waals surface area contributed by atoms with E-state index in [1.165, 1.54) is 24.3 Å². The van der Waals surface area contributed by atoms with Gasteiger partial charge in [-0.15, -0.1) is 0 Å². The largest absolute Gasteiger partial charge is 0.508 e. The van der Waals surface area contributed by atoms with Gasteiger partial charge in [0.2, 0.25) is 9.84 Å². The lowest BCUT2D eigenvalue weighted by molar-refractivity contribution is 0.473. The van der Waals surface area contributed by atoms with Gasteiger partial charge >= 0.3 is 0 Å². The summed E-state index contributed by atoms with van der Waals surface area (Å²) in [7, 11) is -3.55. The number of hydrogen-bond acceptors (Lipinski definition) is 3. The molecular formula is C14H14O3S. The quantitative estimate of drug-likeness (QED) is 0.925. The highest BCUT2D eigenvalue weighted by Gasteiger charge is 2.17. The maximum atomic E-state index is 12.3. The van der Waals surface area contributed by atoms with E-state index >= 15 is 0 Å². The molecule has 0 heterocycles. The molecule has 0 aromatic heterocycles. The fourth-order valence-electron chi connectivity index (χ4n) is 1.69. The summed E-state index contributed by atoms with van der Waals surface area (Å²) in [6.07, 6.45) is 0.868. The van der Waals surface area contributed by atoms with Crippen molar-refractivity contribution in [3.8, 4) is 5.75 Å². The molecule has 0 amide bonds. The Bertz CT molecular complexity index is 643. The Morgan fingerprint density at radius 2 is 1.67 bits per heavy atom. The number of rotatable bonds is 3. The SMILES string of the molecule is CCc1ccc(S(=O)(=O)c2cccc(O)c2)cc1. The highest BCUT2D eigenvalue weighted by molar-refractivity contribution is 7.91. The first kappa shape index (κ1) is 12.6. The summed E-state index contributed by atoms with van der Waals surface area (Å²) in [6.45, 7) is 2.01. The Morgan fingerprint density at radius 1 is 1.00 bits per heavy atom. The molecule has 94 valence electrons. The van der Waals surface area contributed by atoms with Crippen molar-refractivity contribution < 1.29 is 13.5 Å². The van der Waals surface area contributed by atoms with Gasteiger partial charge in [0.25, 0.3) is 0 Å². The molecule has 0 saturated heterocycles. The maximum absolute atomic E-state index is 12.3. The number of aromatic hydroxyl groups is 1. The minimum Gasteiger partial charge on any atom is -0.508 e. The van der Waals surface area contributed by atoms with Crippen LogP contribution in [0.5, 0.6) is 5.75 Å². The average molecular weight is 262 g/mol. The highest BCUT2D eigenvalue weighted by atomic mass is 32.2. The van der Waals surface area contributed by atoms with E-state index < -0.39 is 9.84 Å². The first-order chi connectivity index (χ1) is 8.54. The smallest absolute Gasteiger partial charge is 0.206 e. The summed E-state index contributed by atoms with van der Waals surface area (Å²) in [5.41, 5.74) is 1.09. The molecule has 0 radical (unpaired) electrons. The zero-order valence-corrected chi connectivity index (χ0v) is 10.8. The zero-order valence-electron chi connectivity index (χ0n) is 10.00. The van der Waals surface area contributed by atoms with E-state index in [9.17, 15) is 13.5 Å². The summed E-state index contributed by atoms with van der Waals surface area (Å²) >= 11 is 0. The second kappa shape index (κ2) is 4.82. The highest BCUT2D eigenvalue weighted by Crippen LogP contribution is 2.23. The minimum atomic E-state index is -3.55. The van der Waals surface area contributed by atoms with Crippen LogP contribution in [0.4, 0.5) is 0 Å². The lowest BCUT2D eigenvalue weighted by Crippen LogP contribution is -2.01. The Morgan fingerprint density at radius 3 is 2.22 bits per heavy atom. The van der Waals surface area contributed by atoms with Gasteiger partial charge in [-0.05, 0) is 42.3 Å². The molecule has 0 spiro atoms. The predicted molar refractivity (Wildman–Crippen MR) is 69.4 cm³/mol. The Kier molecular flexibility index (Phi) is 3.39. The Hall–Kier alpha value is -1.81. The van der Waals surface area contributed by atoms with E-state index in [0.717, 1.165) is 12.0 Å². The van der Waals surface area contributed by atoms with Crippen LogP contribution in [0.15, 0.2) is 58.3 Å². The van der Waals surface area contributed by atoms with E-state index in [0.29, 0.717) is 0 Å². The minimum absolute atomic E-state index is 0.0544. The van der Waals surface area contributed by atoms with Crippen molar-refractivity contribution in [2.24, 2.45) is 0 Å². The van der Waals surface area contributed by atoms with Gasteiger partial charge in [0.05, 0.1) is 9.79 Å². The van der Waals surface area contributed by atoms with Crippen molar-refractivity contribution in [3.05, 3.63) is 54.1 Å². The van der Waals surface area contributed by atoms with Gasteiger partial charge in [0.15, 0.2) is 0 Å². The topological polar surface area (TPSA) is 54.4 Å². The molecule has 0 fully saturated rings. The fraction of sp³-hybridized carbons (Fsp3) is 0.143. The van der Waals surface area contributed by atoms with Gasteiger partial charge in [-0.2, -0.15) is 0 Å². The summed E-state index contributed by atoms with van der Waals surface area (Å²) in [6, 6.07) is 12.5. The maximum Gasteiger partial charge on any atom is 0.206 e. The fourth-order valence-corrected chi connectivity index (χ4v) is 2.99. The summed E-state index contributed by atoms with van der Waals surface area (Å²) < 4.78 is 24.5. The van der Waals surface area contributed by atoms with E-state index in [-0.39, 0.29) is 15.5 Å². The zero-order chi connectivity index (χ0) is 13.2. The molecule has 0 aliphatic rings. The van der Waals surface area contributed by atoms with Crippen molar-refractivity contribution >= 4 is 9.84 Å². The monoisotopic (exact) mass is 262 g/mol. The number of hydrogen-bond donors (Lipinski definition) is 1. The predicted octanol–water partition coefficient (Wildman–Crippen LogP) is 2.79. The molecule has 0 atom stereocenters. The Balaban J connectivity index is 2.47. The van der Waals surface area contributed by atoms with Crippen molar-refractivity contribution in [1.29, 1.82) is 0 Å². The van der Waals surface area contributed by atoms with E-state index in [1.54, 1.807) is 24.3 Å². The summed E-state index contributed by atoms with van der Waals surface area (Å²) in [5.74, 6) is -0.0544. The molecule has 2 rings (SSSR count). The van der Waals surface area contributed by atoms with Crippen molar-refractivity contribution in [3.63, 3.8) is 0 Å². The van der Waals surface area contributed by atoms with Gasteiger partial charge in [-0.25, -0.2) is 8.42 Å². The molecule has 2 aromatic rings. The van der Waals surface area contributed by atoms with Crippen LogP contribution in [0.1, 0.15) is 12.5 Å². The number of aryl methyl sites for hydroxylation is 1. The standard InChI is InChI=1S/C14H14O3S/c1-2-11-6-8-13(9-7-11)18(16,17)14-5-3-4-12(15)10-14/h3-10,15H,2H2,1H3. The van der Waals surface area contributed by atoms with Crippen LogP contribution in [0.25, 0.3) is 0 Å². The first-order valence-electron chi connectivity index (χ1n) is 5.67. The van der Waals surface area contributed by atoms with Crippen molar-refractivity contribution in [2.45, 2.75) is 23.1 Å². The third kappa shape index (κ3) is 2.38. The number of phenols is 1. The molecule has 18 heavy (non-hydrogen) atoms. The van der Waals surface area contributed by atoms with E-state index in [1.807, 2.05) is 6.92 Å². The molecule has 0 aliphatic carbocycles. The van der Waals surface area contributed by atoms with Gasteiger partial charge < -0.3 is 5.11 Å². The van der Waals surface area contributed by atoms with Crippen LogP contribution in [-0.4, -0.2) is 13.5 Å². The third-order valence-corrected chi connectivity index (χ3v) is 4.54. The van der Waals surface area contributed by atoms with Crippen LogP contribution in [-0.2, 0) is 16.3 Å².